The van der Waals surface area contributed by atoms with Gasteiger partial charge in [0.25, 0.3) is 20.3 Å². The van der Waals surface area contributed by atoms with Crippen LogP contribution in [-0.2, 0) is 24.8 Å². The quantitative estimate of drug-likeness (QED) is 0.386. The minimum Gasteiger partial charge on any atom is -0.495 e. The van der Waals surface area contributed by atoms with E-state index in [2.05, 4.69) is 20.2 Å². The predicted octanol–water partition coefficient (Wildman–Crippen LogP) is 2.27. The number of methoxy groups -OCH3 is 1. The van der Waals surface area contributed by atoms with Crippen molar-refractivity contribution in [1.82, 2.24) is 14.5 Å². The molecule has 1 aliphatic heterocycles. The van der Waals surface area contributed by atoms with Gasteiger partial charge in [-0.3, -0.25) is 14.8 Å². The van der Waals surface area contributed by atoms with E-state index in [4.69, 9.17) is 21.1 Å². The number of anilines is 2. The number of nitrogens with zero attached hydrogens (tertiary/aromatic N) is 3. The maximum absolute atomic E-state index is 13.0. The van der Waals surface area contributed by atoms with Crippen LogP contribution >= 0.6 is 22.9 Å². The Morgan fingerprint density at radius 3 is 2.53 bits per heavy atom. The number of carbonyl (C=O) groups excluding carboxylic acids is 1. The van der Waals surface area contributed by atoms with Crippen molar-refractivity contribution in [2.24, 2.45) is 0 Å². The largest absolute Gasteiger partial charge is 0.495 e. The van der Waals surface area contributed by atoms with E-state index in [-0.39, 0.29) is 58.4 Å². The van der Waals surface area contributed by atoms with Crippen molar-refractivity contribution >= 4 is 59.7 Å². The van der Waals surface area contributed by atoms with Crippen LogP contribution in [0.5, 0.6) is 5.75 Å². The van der Waals surface area contributed by atoms with E-state index in [1.165, 1.54) is 41.7 Å². The molecule has 1 saturated heterocycles. The van der Waals surface area contributed by atoms with Gasteiger partial charge in [0.05, 0.1) is 41.5 Å². The van der Waals surface area contributed by atoms with E-state index >= 15 is 0 Å². The molecule has 36 heavy (non-hydrogen) atoms. The Balaban J connectivity index is 1.56. The van der Waals surface area contributed by atoms with Gasteiger partial charge in [-0.1, -0.05) is 35.1 Å². The molecule has 0 atom stereocenters. The lowest BCUT2D eigenvalue weighted by atomic mass is 10.2. The van der Waals surface area contributed by atoms with Gasteiger partial charge in [-0.2, -0.15) is 12.7 Å². The molecule has 2 aromatic carbocycles. The number of carbonyl (C=O) groups is 1. The number of hydrogen-bond acceptors (Lipinski definition) is 10. The lowest BCUT2D eigenvalue weighted by Crippen LogP contribution is -2.40. The van der Waals surface area contributed by atoms with Crippen LogP contribution in [-0.4, -0.2) is 70.7 Å². The smallest absolute Gasteiger partial charge is 0.291 e. The summed E-state index contributed by atoms with van der Waals surface area (Å²) in [5, 5.41) is 9.95. The molecule has 1 fully saturated rings. The molecular formula is C20H20ClN5O7S3. The molecule has 0 saturated carbocycles. The number of halogens is 1. The third-order valence-electron chi connectivity index (χ3n) is 5.00. The minimum atomic E-state index is -4.31. The Morgan fingerprint density at radius 2 is 1.83 bits per heavy atom. The van der Waals surface area contributed by atoms with E-state index in [9.17, 15) is 21.6 Å². The number of nitrogens with one attached hydrogen (secondary N) is 2. The fourth-order valence-corrected chi connectivity index (χ4v) is 6.84. The first kappa shape index (κ1) is 26.2. The van der Waals surface area contributed by atoms with Gasteiger partial charge in [0, 0.05) is 13.1 Å². The van der Waals surface area contributed by atoms with E-state index < -0.39 is 30.3 Å². The number of rotatable bonds is 8. The number of benzene rings is 2. The van der Waals surface area contributed by atoms with E-state index in [1.807, 2.05) is 0 Å². The maximum Gasteiger partial charge on any atom is 0.291 e. The van der Waals surface area contributed by atoms with E-state index in [0.29, 0.717) is 11.3 Å². The number of aromatic nitrogens is 2. The normalized spacial score (nSPS) is 14.8. The van der Waals surface area contributed by atoms with Gasteiger partial charge in [0.15, 0.2) is 0 Å². The number of morpholine rings is 1. The summed E-state index contributed by atoms with van der Waals surface area (Å²) in [5.41, 5.74) is 0.0728. The highest BCUT2D eigenvalue weighted by Gasteiger charge is 2.29. The van der Waals surface area contributed by atoms with Crippen molar-refractivity contribution in [3.63, 3.8) is 0 Å². The molecule has 4 rings (SSSR count). The van der Waals surface area contributed by atoms with Crippen molar-refractivity contribution in [2.75, 3.05) is 43.5 Å². The van der Waals surface area contributed by atoms with E-state index in [1.54, 1.807) is 12.1 Å². The van der Waals surface area contributed by atoms with Crippen LogP contribution in [0.1, 0.15) is 10.4 Å². The van der Waals surface area contributed by atoms with Gasteiger partial charge in [-0.15, -0.1) is 10.2 Å². The van der Waals surface area contributed by atoms with Gasteiger partial charge in [0.2, 0.25) is 15.2 Å². The van der Waals surface area contributed by atoms with Gasteiger partial charge in [-0.25, -0.2) is 8.42 Å². The van der Waals surface area contributed by atoms with Crippen LogP contribution in [0.3, 0.4) is 0 Å². The zero-order chi connectivity index (χ0) is 25.9. The molecule has 192 valence electrons. The van der Waals surface area contributed by atoms with Crippen LogP contribution in [0, 0.1) is 0 Å². The van der Waals surface area contributed by atoms with Gasteiger partial charge < -0.3 is 9.47 Å². The highest BCUT2D eigenvalue weighted by atomic mass is 35.5. The molecule has 1 amide bonds. The molecule has 1 aromatic heterocycles. The fraction of sp³-hybridized carbons (Fsp3) is 0.250. The molecule has 0 aliphatic carbocycles. The number of sulfonamides is 2. The lowest BCUT2D eigenvalue weighted by molar-refractivity contribution is 0.0730. The standard InChI is InChI=1S/C20H20ClN5O7S3/c1-32-17-7-6-13(36(30,31)26-8-10-33-11-9-26)12-16(17)25-35(28,29)20-24-23-19(34-20)22-18(27)14-4-2-3-5-15(14)21/h2-7,12,25H,8-11H2,1H3,(H,22,23,27). The zero-order valence-electron chi connectivity index (χ0n) is 18.7. The fourth-order valence-electron chi connectivity index (χ4n) is 3.23. The summed E-state index contributed by atoms with van der Waals surface area (Å²) in [7, 11) is -6.89. The number of hydrogen-bond donors (Lipinski definition) is 2. The third-order valence-corrected chi connectivity index (χ3v) is 9.79. The monoisotopic (exact) mass is 573 g/mol. The summed E-state index contributed by atoms with van der Waals surface area (Å²) >= 11 is 6.62. The summed E-state index contributed by atoms with van der Waals surface area (Å²) in [4.78, 5) is 12.3. The molecule has 2 heterocycles. The molecule has 0 bridgehead atoms. The Labute approximate surface area is 216 Å². The Morgan fingerprint density at radius 1 is 1.11 bits per heavy atom. The molecule has 0 radical (unpaired) electrons. The highest BCUT2D eigenvalue weighted by Crippen LogP contribution is 2.32. The van der Waals surface area contributed by atoms with Crippen LogP contribution in [0.2, 0.25) is 5.02 Å². The predicted molar refractivity (Wildman–Crippen MR) is 133 cm³/mol. The lowest BCUT2D eigenvalue weighted by Gasteiger charge is -2.26. The third kappa shape index (κ3) is 5.61. The van der Waals surface area contributed by atoms with Crippen molar-refractivity contribution in [3.8, 4) is 5.75 Å². The Bertz CT molecular complexity index is 1490. The van der Waals surface area contributed by atoms with Gasteiger partial charge >= 0.3 is 0 Å². The summed E-state index contributed by atoms with van der Waals surface area (Å²) < 4.78 is 65.5. The second-order valence-electron chi connectivity index (χ2n) is 7.29. The molecule has 1 aliphatic rings. The second kappa shape index (κ2) is 10.7. The zero-order valence-corrected chi connectivity index (χ0v) is 21.9. The Kier molecular flexibility index (Phi) is 7.77. The van der Waals surface area contributed by atoms with Gasteiger partial charge in [0.1, 0.15) is 5.75 Å². The SMILES string of the molecule is COc1ccc(S(=O)(=O)N2CCOCC2)cc1NS(=O)(=O)c1nnc(NC(=O)c2ccccc2Cl)s1. The van der Waals surface area contributed by atoms with Crippen LogP contribution in [0.4, 0.5) is 10.8 Å². The first-order valence-corrected chi connectivity index (χ1v) is 14.4. The molecule has 2 N–H and O–H groups in total. The van der Waals surface area contributed by atoms with Crippen molar-refractivity contribution in [3.05, 3.63) is 53.1 Å². The highest BCUT2D eigenvalue weighted by molar-refractivity contribution is 7.94. The van der Waals surface area contributed by atoms with Crippen LogP contribution in [0.25, 0.3) is 0 Å². The summed E-state index contributed by atoms with van der Waals surface area (Å²) in [5.74, 6) is -0.493. The van der Waals surface area contributed by atoms with Gasteiger partial charge in [-0.05, 0) is 30.3 Å². The van der Waals surface area contributed by atoms with Crippen molar-refractivity contribution in [1.29, 1.82) is 0 Å². The minimum absolute atomic E-state index is 0.0732. The topological polar surface area (TPSA) is 157 Å². The first-order chi connectivity index (χ1) is 17.1. The number of amides is 1. The summed E-state index contributed by atoms with van der Waals surface area (Å²) in [6.07, 6.45) is 0. The summed E-state index contributed by atoms with van der Waals surface area (Å²) in [6, 6.07) is 10.2. The molecule has 0 spiro atoms. The van der Waals surface area contributed by atoms with Crippen LogP contribution in [0.15, 0.2) is 51.7 Å². The molecule has 16 heteroatoms. The van der Waals surface area contributed by atoms with E-state index in [0.717, 1.165) is 0 Å². The first-order valence-electron chi connectivity index (χ1n) is 10.3. The molecule has 0 unspecified atom stereocenters. The molecular weight excluding hydrogens is 554 g/mol. The van der Waals surface area contributed by atoms with Crippen molar-refractivity contribution in [2.45, 2.75) is 9.24 Å². The maximum atomic E-state index is 13.0. The van der Waals surface area contributed by atoms with Crippen molar-refractivity contribution < 1.29 is 31.1 Å². The molecule has 12 nitrogen and oxygen atoms in total. The average molecular weight is 574 g/mol. The second-order valence-corrected chi connectivity index (χ2v) is 12.5. The van der Waals surface area contributed by atoms with Crippen LogP contribution < -0.4 is 14.8 Å². The summed E-state index contributed by atoms with van der Waals surface area (Å²) in [6.45, 7) is 0.897. The average Bonchev–Trinajstić information content (AvgIpc) is 3.34. The number of ether oxygens (including phenoxy) is 2. The Hall–Kier alpha value is -2.82. The molecule has 3 aromatic rings.